The molecule has 2 aromatic carbocycles. The van der Waals surface area contributed by atoms with Crippen LogP contribution in [-0.4, -0.2) is 51.8 Å². The summed E-state index contributed by atoms with van der Waals surface area (Å²) in [7, 11) is 0. The summed E-state index contributed by atoms with van der Waals surface area (Å²) in [5, 5.41) is 20.1. The van der Waals surface area contributed by atoms with Gasteiger partial charge in [0.15, 0.2) is 5.17 Å². The second-order valence-electron chi connectivity index (χ2n) is 6.83. The first-order chi connectivity index (χ1) is 14.9. The van der Waals surface area contributed by atoms with E-state index in [1.807, 2.05) is 13.0 Å². The van der Waals surface area contributed by atoms with Gasteiger partial charge in [-0.1, -0.05) is 6.07 Å². The van der Waals surface area contributed by atoms with Crippen molar-refractivity contribution in [1.29, 1.82) is 0 Å². The SMILES string of the molecule is CCN1C(=O)C(=Cc2ccc(N(CC)CC)cc2O)SC1=Nc1cccc(C(=O)O)c1. The van der Waals surface area contributed by atoms with Gasteiger partial charge in [0.1, 0.15) is 5.75 Å². The molecule has 1 heterocycles. The number of aliphatic imine (C=N–C) groups is 1. The molecule has 1 amide bonds. The number of aromatic hydroxyl groups is 1. The summed E-state index contributed by atoms with van der Waals surface area (Å²) < 4.78 is 0. The minimum Gasteiger partial charge on any atom is -0.507 e. The number of amidine groups is 1. The molecule has 162 valence electrons. The Kier molecular flexibility index (Phi) is 7.02. The van der Waals surface area contributed by atoms with Gasteiger partial charge in [0.2, 0.25) is 0 Å². The summed E-state index contributed by atoms with van der Waals surface area (Å²) in [6.07, 6.45) is 1.66. The molecule has 0 aliphatic carbocycles. The molecule has 0 spiro atoms. The Morgan fingerprint density at radius 3 is 2.52 bits per heavy atom. The smallest absolute Gasteiger partial charge is 0.335 e. The maximum atomic E-state index is 12.9. The van der Waals surface area contributed by atoms with E-state index in [0.717, 1.165) is 18.8 Å². The summed E-state index contributed by atoms with van der Waals surface area (Å²) in [6, 6.07) is 11.7. The Hall–Kier alpha value is -3.26. The lowest BCUT2D eigenvalue weighted by Crippen LogP contribution is -2.28. The van der Waals surface area contributed by atoms with Gasteiger partial charge < -0.3 is 15.1 Å². The van der Waals surface area contributed by atoms with E-state index in [1.165, 1.54) is 28.8 Å². The quantitative estimate of drug-likeness (QED) is 0.615. The number of benzene rings is 2. The molecule has 3 rings (SSSR count). The number of thioether (sulfide) groups is 1. The standard InChI is InChI=1S/C23H25N3O4S/c1-4-25(5-2)18-11-10-15(19(27)14-18)13-20-21(28)26(6-3)23(31-20)24-17-9-7-8-16(12-17)22(29)30/h7-14,27H,4-6H2,1-3H3,(H,29,30). The highest BCUT2D eigenvalue weighted by Crippen LogP contribution is 2.36. The second-order valence-corrected chi connectivity index (χ2v) is 7.83. The van der Waals surface area contributed by atoms with E-state index in [-0.39, 0.29) is 17.2 Å². The minimum atomic E-state index is -1.03. The van der Waals surface area contributed by atoms with Gasteiger partial charge in [0.05, 0.1) is 16.2 Å². The van der Waals surface area contributed by atoms with Crippen molar-refractivity contribution >= 4 is 46.3 Å². The van der Waals surface area contributed by atoms with Crippen molar-refractivity contribution in [3.63, 3.8) is 0 Å². The number of carbonyl (C=O) groups excluding carboxylic acids is 1. The van der Waals surface area contributed by atoms with Crippen molar-refractivity contribution < 1.29 is 19.8 Å². The first-order valence-corrected chi connectivity index (χ1v) is 10.9. The fraction of sp³-hybridized carbons (Fsp3) is 0.261. The van der Waals surface area contributed by atoms with Crippen molar-refractivity contribution in [1.82, 2.24) is 4.90 Å². The highest BCUT2D eigenvalue weighted by atomic mass is 32.2. The molecule has 1 fully saturated rings. The van der Waals surface area contributed by atoms with Gasteiger partial charge >= 0.3 is 5.97 Å². The normalized spacial score (nSPS) is 16.4. The number of hydrogen-bond donors (Lipinski definition) is 2. The third-order valence-electron chi connectivity index (χ3n) is 4.95. The van der Waals surface area contributed by atoms with Gasteiger partial charge in [0, 0.05) is 37.0 Å². The average molecular weight is 440 g/mol. The minimum absolute atomic E-state index is 0.105. The molecule has 7 nitrogen and oxygen atoms in total. The summed E-state index contributed by atoms with van der Waals surface area (Å²) >= 11 is 1.20. The summed E-state index contributed by atoms with van der Waals surface area (Å²) in [6.45, 7) is 8.04. The van der Waals surface area contributed by atoms with Crippen LogP contribution in [-0.2, 0) is 4.79 Å². The number of phenols is 1. The van der Waals surface area contributed by atoms with Crippen LogP contribution in [0.3, 0.4) is 0 Å². The Bertz CT molecular complexity index is 1060. The zero-order valence-electron chi connectivity index (χ0n) is 17.7. The number of rotatable bonds is 7. The molecule has 2 N–H and O–H groups in total. The molecule has 1 aliphatic heterocycles. The molecule has 0 aromatic heterocycles. The molecule has 0 unspecified atom stereocenters. The van der Waals surface area contributed by atoms with Crippen molar-refractivity contribution in [3.05, 3.63) is 58.5 Å². The number of phenolic OH excluding ortho intramolecular Hbond substituents is 1. The number of hydrogen-bond acceptors (Lipinski definition) is 6. The van der Waals surface area contributed by atoms with Crippen LogP contribution in [0, 0.1) is 0 Å². The third-order valence-corrected chi connectivity index (χ3v) is 5.96. The Labute approximate surface area is 185 Å². The molecule has 2 aromatic rings. The number of carboxylic acids is 1. The predicted molar refractivity (Wildman–Crippen MR) is 125 cm³/mol. The summed E-state index contributed by atoms with van der Waals surface area (Å²) in [5.41, 5.74) is 2.07. The number of anilines is 1. The molecular formula is C23H25N3O4S. The topological polar surface area (TPSA) is 93.4 Å². The van der Waals surface area contributed by atoms with E-state index < -0.39 is 5.97 Å². The lowest BCUT2D eigenvalue weighted by molar-refractivity contribution is -0.122. The van der Waals surface area contributed by atoms with Gasteiger partial charge in [-0.3, -0.25) is 9.69 Å². The fourth-order valence-electron chi connectivity index (χ4n) is 3.27. The van der Waals surface area contributed by atoms with Crippen molar-refractivity contribution in [2.75, 3.05) is 24.5 Å². The highest BCUT2D eigenvalue weighted by molar-refractivity contribution is 8.18. The van der Waals surface area contributed by atoms with Gasteiger partial charge in [-0.2, -0.15) is 0 Å². The summed E-state index contributed by atoms with van der Waals surface area (Å²) in [5.74, 6) is -1.13. The molecule has 0 saturated carbocycles. The molecule has 1 saturated heterocycles. The number of carbonyl (C=O) groups is 2. The van der Waals surface area contributed by atoms with E-state index in [1.54, 1.807) is 30.3 Å². The van der Waals surface area contributed by atoms with Gasteiger partial charge in [0.25, 0.3) is 5.91 Å². The maximum absolute atomic E-state index is 12.9. The maximum Gasteiger partial charge on any atom is 0.335 e. The first kappa shape index (κ1) is 22.4. The van der Waals surface area contributed by atoms with Crippen molar-refractivity contribution in [3.8, 4) is 5.75 Å². The molecule has 0 atom stereocenters. The lowest BCUT2D eigenvalue weighted by Gasteiger charge is -2.21. The van der Waals surface area contributed by atoms with E-state index in [9.17, 15) is 19.8 Å². The molecule has 31 heavy (non-hydrogen) atoms. The number of carboxylic acid groups (broad SMARTS) is 1. The Morgan fingerprint density at radius 1 is 1.16 bits per heavy atom. The first-order valence-electron chi connectivity index (χ1n) is 10.1. The zero-order valence-corrected chi connectivity index (χ0v) is 18.5. The monoisotopic (exact) mass is 439 g/mol. The van der Waals surface area contributed by atoms with E-state index in [4.69, 9.17) is 0 Å². The van der Waals surface area contributed by atoms with Crippen LogP contribution in [0.15, 0.2) is 52.4 Å². The van der Waals surface area contributed by atoms with Crippen LogP contribution in [0.25, 0.3) is 6.08 Å². The Balaban J connectivity index is 1.92. The average Bonchev–Trinajstić information content (AvgIpc) is 3.04. The molecule has 8 heteroatoms. The number of amides is 1. The zero-order chi connectivity index (χ0) is 22.5. The Morgan fingerprint density at radius 2 is 1.90 bits per heavy atom. The van der Waals surface area contributed by atoms with Crippen LogP contribution < -0.4 is 4.90 Å². The van der Waals surface area contributed by atoms with Gasteiger partial charge in [-0.25, -0.2) is 9.79 Å². The molecule has 0 radical (unpaired) electrons. The molecule has 1 aliphatic rings. The number of nitrogens with zero attached hydrogens (tertiary/aromatic N) is 3. The number of likely N-dealkylation sites (N-methyl/N-ethyl adjacent to an activating group) is 1. The van der Waals surface area contributed by atoms with Crippen molar-refractivity contribution in [2.24, 2.45) is 4.99 Å². The summed E-state index contributed by atoms with van der Waals surface area (Å²) in [4.78, 5) is 32.7. The third kappa shape index (κ3) is 4.91. The fourth-order valence-corrected chi connectivity index (χ4v) is 4.32. The van der Waals surface area contributed by atoms with Crippen LogP contribution in [0.2, 0.25) is 0 Å². The van der Waals surface area contributed by atoms with E-state index in [2.05, 4.69) is 23.7 Å². The van der Waals surface area contributed by atoms with Crippen molar-refractivity contribution in [2.45, 2.75) is 20.8 Å². The number of aromatic carboxylic acids is 1. The van der Waals surface area contributed by atoms with Crippen LogP contribution in [0.5, 0.6) is 5.75 Å². The van der Waals surface area contributed by atoms with Crippen LogP contribution >= 0.6 is 11.8 Å². The van der Waals surface area contributed by atoms with Gasteiger partial charge in [-0.05, 0) is 68.9 Å². The molecular weight excluding hydrogens is 414 g/mol. The van der Waals surface area contributed by atoms with Crippen LogP contribution in [0.4, 0.5) is 11.4 Å². The van der Waals surface area contributed by atoms with E-state index >= 15 is 0 Å². The largest absolute Gasteiger partial charge is 0.507 e. The van der Waals surface area contributed by atoms with Gasteiger partial charge in [-0.15, -0.1) is 0 Å². The predicted octanol–water partition coefficient (Wildman–Crippen LogP) is 4.56. The second kappa shape index (κ2) is 9.70. The van der Waals surface area contributed by atoms with Crippen LogP contribution in [0.1, 0.15) is 36.7 Å². The lowest BCUT2D eigenvalue weighted by atomic mass is 10.1. The van der Waals surface area contributed by atoms with E-state index in [0.29, 0.717) is 27.9 Å². The molecule has 0 bridgehead atoms. The highest BCUT2D eigenvalue weighted by Gasteiger charge is 2.32.